The lowest BCUT2D eigenvalue weighted by Crippen LogP contribution is -2.39. The van der Waals surface area contributed by atoms with E-state index in [0.29, 0.717) is 12.1 Å². The zero-order chi connectivity index (χ0) is 12.8. The molecule has 3 nitrogen and oxygen atoms in total. The molecule has 0 radical (unpaired) electrons. The summed E-state index contributed by atoms with van der Waals surface area (Å²) < 4.78 is 23.4. The third kappa shape index (κ3) is 4.07. The van der Waals surface area contributed by atoms with E-state index in [1.54, 1.807) is 27.2 Å². The lowest BCUT2D eigenvalue weighted by atomic mass is 10.1. The van der Waals surface area contributed by atoms with E-state index >= 15 is 0 Å². The molecule has 0 spiro atoms. The van der Waals surface area contributed by atoms with Crippen LogP contribution in [0.4, 0.5) is 4.39 Å². The van der Waals surface area contributed by atoms with Crippen LogP contribution in [-0.4, -0.2) is 26.6 Å². The van der Waals surface area contributed by atoms with Gasteiger partial charge < -0.3 is 14.8 Å². The molecular weight excluding hydrogens is 221 g/mol. The minimum Gasteiger partial charge on any atom is -0.354 e. The molecular formula is C13H20FNO2. The normalized spacial score (nSPS) is 13.1. The van der Waals surface area contributed by atoms with Crippen LogP contribution in [0, 0.1) is 12.7 Å². The molecule has 1 atom stereocenters. The third-order valence-electron chi connectivity index (χ3n) is 2.72. The molecule has 1 unspecified atom stereocenters. The van der Waals surface area contributed by atoms with Crippen molar-refractivity contribution >= 4 is 0 Å². The second-order valence-electron chi connectivity index (χ2n) is 4.09. The van der Waals surface area contributed by atoms with Crippen LogP contribution in [0.2, 0.25) is 0 Å². The van der Waals surface area contributed by atoms with E-state index in [1.807, 2.05) is 13.0 Å². The molecule has 1 aromatic rings. The summed E-state index contributed by atoms with van der Waals surface area (Å²) in [5.41, 5.74) is 1.70. The Labute approximate surface area is 102 Å². The number of halogens is 1. The lowest BCUT2D eigenvalue weighted by Gasteiger charge is -2.22. The highest BCUT2D eigenvalue weighted by molar-refractivity contribution is 5.23. The highest BCUT2D eigenvalue weighted by Gasteiger charge is 2.14. The maximum Gasteiger partial charge on any atom is 0.171 e. The number of rotatable bonds is 6. The van der Waals surface area contributed by atoms with Gasteiger partial charge in [0.15, 0.2) is 6.29 Å². The highest BCUT2D eigenvalue weighted by atomic mass is 19.1. The van der Waals surface area contributed by atoms with Gasteiger partial charge in [-0.1, -0.05) is 12.1 Å². The van der Waals surface area contributed by atoms with Crippen LogP contribution in [0.25, 0.3) is 0 Å². The second kappa shape index (κ2) is 6.69. The van der Waals surface area contributed by atoms with Crippen LogP contribution < -0.4 is 5.32 Å². The number of methoxy groups -OCH3 is 2. The van der Waals surface area contributed by atoms with E-state index in [1.165, 1.54) is 6.07 Å². The number of hydrogen-bond donors (Lipinski definition) is 1. The van der Waals surface area contributed by atoms with E-state index in [2.05, 4.69) is 5.32 Å². The maximum absolute atomic E-state index is 13.1. The summed E-state index contributed by atoms with van der Waals surface area (Å²) in [5.74, 6) is -0.173. The van der Waals surface area contributed by atoms with Crippen molar-refractivity contribution in [3.63, 3.8) is 0 Å². The van der Waals surface area contributed by atoms with Crippen molar-refractivity contribution in [2.75, 3.05) is 14.2 Å². The lowest BCUT2D eigenvalue weighted by molar-refractivity contribution is -0.119. The van der Waals surface area contributed by atoms with Gasteiger partial charge in [0.2, 0.25) is 0 Å². The van der Waals surface area contributed by atoms with Crippen LogP contribution in [0.15, 0.2) is 18.2 Å². The molecule has 0 heterocycles. The van der Waals surface area contributed by atoms with Crippen LogP contribution >= 0.6 is 0 Å². The fraction of sp³-hybridized carbons (Fsp3) is 0.538. The molecule has 0 amide bonds. The maximum atomic E-state index is 13.1. The molecule has 1 N–H and O–H groups in total. The van der Waals surface area contributed by atoms with E-state index in [9.17, 15) is 4.39 Å². The van der Waals surface area contributed by atoms with Gasteiger partial charge in [-0.25, -0.2) is 4.39 Å². The zero-order valence-corrected chi connectivity index (χ0v) is 10.8. The van der Waals surface area contributed by atoms with Crippen molar-refractivity contribution in [1.82, 2.24) is 5.32 Å². The third-order valence-corrected chi connectivity index (χ3v) is 2.72. The van der Waals surface area contributed by atoms with E-state index < -0.39 is 0 Å². The first-order valence-corrected chi connectivity index (χ1v) is 5.62. The van der Waals surface area contributed by atoms with Gasteiger partial charge in [0.25, 0.3) is 0 Å². The Morgan fingerprint density at radius 1 is 1.29 bits per heavy atom. The Bertz CT molecular complexity index is 353. The minimum absolute atomic E-state index is 0.0651. The standard InChI is InChI=1S/C13H20FNO2/c1-9-7-11(5-6-12(9)14)8-15-10(2)13(16-3)17-4/h5-7,10,13,15H,8H2,1-4H3. The molecule has 1 rings (SSSR count). The minimum atomic E-state index is -0.281. The molecule has 4 heteroatoms. The van der Waals surface area contributed by atoms with Gasteiger partial charge in [-0.3, -0.25) is 0 Å². The summed E-state index contributed by atoms with van der Waals surface area (Å²) in [6, 6.07) is 5.16. The van der Waals surface area contributed by atoms with Gasteiger partial charge in [-0.05, 0) is 31.0 Å². The Hall–Kier alpha value is -0.970. The predicted molar refractivity (Wildman–Crippen MR) is 65.2 cm³/mol. The first kappa shape index (κ1) is 14.1. The average Bonchev–Trinajstić information content (AvgIpc) is 2.32. The molecule has 0 saturated heterocycles. The molecule has 0 aromatic heterocycles. The largest absolute Gasteiger partial charge is 0.354 e. The van der Waals surface area contributed by atoms with E-state index in [-0.39, 0.29) is 18.1 Å². The summed E-state index contributed by atoms with van der Waals surface area (Å²) >= 11 is 0. The zero-order valence-electron chi connectivity index (χ0n) is 10.8. The molecule has 1 aromatic carbocycles. The summed E-state index contributed by atoms with van der Waals surface area (Å²) in [7, 11) is 3.21. The summed E-state index contributed by atoms with van der Waals surface area (Å²) in [5, 5.41) is 3.28. The monoisotopic (exact) mass is 241 g/mol. The number of hydrogen-bond acceptors (Lipinski definition) is 3. The molecule has 0 saturated carbocycles. The Balaban J connectivity index is 2.52. The van der Waals surface area contributed by atoms with Gasteiger partial charge in [-0.15, -0.1) is 0 Å². The fourth-order valence-electron chi connectivity index (χ4n) is 1.70. The van der Waals surface area contributed by atoms with Gasteiger partial charge in [0, 0.05) is 20.8 Å². The van der Waals surface area contributed by atoms with Gasteiger partial charge in [0.1, 0.15) is 5.82 Å². The molecule has 0 bridgehead atoms. The predicted octanol–water partition coefficient (Wildman–Crippen LogP) is 2.23. The molecule has 0 aliphatic heterocycles. The van der Waals surface area contributed by atoms with Crippen LogP contribution in [-0.2, 0) is 16.0 Å². The topological polar surface area (TPSA) is 30.5 Å². The number of aryl methyl sites for hydroxylation is 1. The quantitative estimate of drug-likeness (QED) is 0.775. The van der Waals surface area contributed by atoms with Crippen molar-refractivity contribution in [3.8, 4) is 0 Å². The van der Waals surface area contributed by atoms with Gasteiger partial charge in [-0.2, -0.15) is 0 Å². The number of benzene rings is 1. The smallest absolute Gasteiger partial charge is 0.171 e. The fourth-order valence-corrected chi connectivity index (χ4v) is 1.70. The van der Waals surface area contributed by atoms with Crippen molar-refractivity contribution in [2.24, 2.45) is 0 Å². The van der Waals surface area contributed by atoms with Crippen LogP contribution in [0.1, 0.15) is 18.1 Å². The second-order valence-corrected chi connectivity index (χ2v) is 4.09. The van der Waals surface area contributed by atoms with Crippen molar-refractivity contribution in [2.45, 2.75) is 32.7 Å². The summed E-state index contributed by atoms with van der Waals surface area (Å²) in [6.45, 7) is 4.40. The van der Waals surface area contributed by atoms with E-state index in [4.69, 9.17) is 9.47 Å². The van der Waals surface area contributed by atoms with E-state index in [0.717, 1.165) is 5.56 Å². The summed E-state index contributed by atoms with van der Waals surface area (Å²) in [4.78, 5) is 0. The molecule has 0 aliphatic carbocycles. The Kier molecular flexibility index (Phi) is 5.55. The summed E-state index contributed by atoms with van der Waals surface area (Å²) in [6.07, 6.45) is -0.281. The Morgan fingerprint density at radius 3 is 2.47 bits per heavy atom. The highest BCUT2D eigenvalue weighted by Crippen LogP contribution is 2.09. The first-order valence-electron chi connectivity index (χ1n) is 5.62. The molecule has 0 aliphatic rings. The van der Waals surface area contributed by atoms with Gasteiger partial charge in [0.05, 0.1) is 6.04 Å². The van der Waals surface area contributed by atoms with Crippen molar-refractivity contribution in [3.05, 3.63) is 35.1 Å². The number of nitrogens with one attached hydrogen (secondary N) is 1. The number of ether oxygens (including phenoxy) is 2. The van der Waals surface area contributed by atoms with Crippen LogP contribution in [0.3, 0.4) is 0 Å². The van der Waals surface area contributed by atoms with Crippen LogP contribution in [0.5, 0.6) is 0 Å². The molecule has 17 heavy (non-hydrogen) atoms. The first-order chi connectivity index (χ1) is 8.08. The SMILES string of the molecule is COC(OC)C(C)NCc1ccc(F)c(C)c1. The van der Waals surface area contributed by atoms with Crippen molar-refractivity contribution in [1.29, 1.82) is 0 Å². The average molecular weight is 241 g/mol. The van der Waals surface area contributed by atoms with Crippen molar-refractivity contribution < 1.29 is 13.9 Å². The molecule has 96 valence electrons. The Morgan fingerprint density at radius 2 is 1.94 bits per heavy atom. The van der Waals surface area contributed by atoms with Gasteiger partial charge >= 0.3 is 0 Å². The molecule has 0 fully saturated rings.